The predicted octanol–water partition coefficient (Wildman–Crippen LogP) is 13.4. The Kier molecular flexibility index (Phi) is 10.6. The highest BCUT2D eigenvalue weighted by Crippen LogP contribution is 2.52. The Morgan fingerprint density at radius 3 is 1.09 bits per heavy atom. The van der Waals surface area contributed by atoms with Crippen molar-refractivity contribution in [1.82, 2.24) is 0 Å². The van der Waals surface area contributed by atoms with Gasteiger partial charge in [-0.1, -0.05) is 125 Å². The first-order valence-corrected chi connectivity index (χ1v) is 22.9. The topological polar surface area (TPSA) is 162 Å². The van der Waals surface area contributed by atoms with Gasteiger partial charge in [0.25, 0.3) is 0 Å². The third-order valence-corrected chi connectivity index (χ3v) is 14.6. The number of aromatic hydroxyl groups is 8. The third-order valence-electron chi connectivity index (χ3n) is 14.6. The highest BCUT2D eigenvalue weighted by Gasteiger charge is 2.41. The van der Waals surface area contributed by atoms with Crippen molar-refractivity contribution in [3.05, 3.63) is 214 Å². The number of phenolic OH excluding ortho intramolecular Hbond substituents is 8. The average Bonchev–Trinajstić information content (AvgIpc) is 3.31. The molecule has 8 nitrogen and oxygen atoms in total. The lowest BCUT2D eigenvalue weighted by atomic mass is 9.66. The number of hydrogen-bond donors (Lipinski definition) is 8. The van der Waals surface area contributed by atoms with Gasteiger partial charge >= 0.3 is 0 Å². The average molecular weight is 913 g/mol. The standard InChI is InChI=1S/C61H52O8/c1-59(2,41-10-7-8-35(28-41)33-60(3,55-46-20-16-42(62)29-36(46)12-24-51(55)66)56-47-21-17-43(63)30-37(47)13-25-52(56)67)50-11-6-5-9-40(50)34-61(4,57-48-22-18-44(64)31-38(48)14-26-53(57)68)58-49-23-19-45(65)32-39(49)15-27-54(58)69/h5-32,62-69H,33-34H2,1-4H3. The van der Waals surface area contributed by atoms with Crippen molar-refractivity contribution in [1.29, 1.82) is 0 Å². The molecule has 0 atom stereocenters. The largest absolute Gasteiger partial charge is 0.508 e. The van der Waals surface area contributed by atoms with Gasteiger partial charge in [-0.2, -0.15) is 0 Å². The summed E-state index contributed by atoms with van der Waals surface area (Å²) in [5.74, 6) is 0.462. The second-order valence-corrected chi connectivity index (χ2v) is 19.5. The summed E-state index contributed by atoms with van der Waals surface area (Å²) < 4.78 is 0. The van der Waals surface area contributed by atoms with Gasteiger partial charge in [-0.15, -0.1) is 0 Å². The van der Waals surface area contributed by atoms with E-state index in [1.165, 1.54) is 0 Å². The quantitative estimate of drug-likeness (QED) is 0.0673. The molecular weight excluding hydrogens is 861 g/mol. The van der Waals surface area contributed by atoms with Crippen LogP contribution in [-0.2, 0) is 29.1 Å². The molecule has 0 aliphatic carbocycles. The predicted molar refractivity (Wildman–Crippen MR) is 274 cm³/mol. The SMILES string of the molecule is CC(C)(c1cccc(CC(C)(c2c(O)ccc3cc(O)ccc23)c2c(O)ccc3cc(O)ccc23)c1)c1ccccc1CC(C)(c1c(O)ccc2cc(O)ccc12)c1c(O)ccc2cc(O)ccc12. The van der Waals surface area contributed by atoms with Gasteiger partial charge in [0.05, 0.1) is 0 Å². The Hall–Kier alpha value is -8.36. The summed E-state index contributed by atoms with van der Waals surface area (Å²) in [6.07, 6.45) is 0.640. The minimum Gasteiger partial charge on any atom is -0.508 e. The van der Waals surface area contributed by atoms with E-state index >= 15 is 0 Å². The van der Waals surface area contributed by atoms with Crippen molar-refractivity contribution < 1.29 is 40.9 Å². The lowest BCUT2D eigenvalue weighted by Gasteiger charge is -2.37. The summed E-state index contributed by atoms with van der Waals surface area (Å²) in [5, 5.41) is 95.7. The number of rotatable bonds is 10. The summed E-state index contributed by atoms with van der Waals surface area (Å²) >= 11 is 0. The van der Waals surface area contributed by atoms with Gasteiger partial charge in [0, 0.05) is 38.5 Å². The first kappa shape index (κ1) is 44.5. The van der Waals surface area contributed by atoms with Crippen LogP contribution in [0.1, 0.15) is 72.2 Å². The fourth-order valence-corrected chi connectivity index (χ4v) is 11.4. The van der Waals surface area contributed by atoms with Crippen LogP contribution in [0, 0.1) is 0 Å². The molecule has 0 bridgehead atoms. The molecule has 10 aromatic carbocycles. The number of fused-ring (bicyclic) bond motifs is 4. The zero-order chi connectivity index (χ0) is 48.6. The fraction of sp³-hybridized carbons (Fsp3) is 0.148. The molecule has 0 aromatic heterocycles. The van der Waals surface area contributed by atoms with E-state index in [0.29, 0.717) is 67.4 Å². The molecule has 344 valence electrons. The van der Waals surface area contributed by atoms with E-state index in [1.807, 2.05) is 38.1 Å². The number of hydrogen-bond acceptors (Lipinski definition) is 8. The van der Waals surface area contributed by atoms with Crippen LogP contribution in [0.2, 0.25) is 0 Å². The van der Waals surface area contributed by atoms with E-state index in [-0.39, 0.29) is 46.0 Å². The van der Waals surface area contributed by atoms with E-state index in [2.05, 4.69) is 38.1 Å². The number of phenols is 8. The van der Waals surface area contributed by atoms with Crippen LogP contribution in [0.3, 0.4) is 0 Å². The van der Waals surface area contributed by atoms with Gasteiger partial charge < -0.3 is 40.9 Å². The number of benzene rings is 10. The summed E-state index contributed by atoms with van der Waals surface area (Å²) in [5.41, 5.74) is 3.32. The molecule has 10 aromatic rings. The van der Waals surface area contributed by atoms with Gasteiger partial charge in [-0.3, -0.25) is 0 Å². The van der Waals surface area contributed by atoms with Crippen LogP contribution in [0.4, 0.5) is 0 Å². The molecule has 0 fully saturated rings. The van der Waals surface area contributed by atoms with E-state index in [9.17, 15) is 40.9 Å². The van der Waals surface area contributed by atoms with Crippen LogP contribution in [0.15, 0.2) is 170 Å². The molecule has 0 spiro atoms. The molecule has 0 amide bonds. The molecule has 10 rings (SSSR count). The monoisotopic (exact) mass is 912 g/mol. The van der Waals surface area contributed by atoms with Crippen molar-refractivity contribution in [2.24, 2.45) is 0 Å². The fourth-order valence-electron chi connectivity index (χ4n) is 11.4. The summed E-state index contributed by atoms with van der Waals surface area (Å²) in [6, 6.07) is 50.3. The molecule has 0 saturated carbocycles. The molecule has 0 heterocycles. The van der Waals surface area contributed by atoms with Crippen LogP contribution in [0.5, 0.6) is 46.0 Å². The lowest BCUT2D eigenvalue weighted by molar-refractivity contribution is 0.426. The summed E-state index contributed by atoms with van der Waals surface area (Å²) in [4.78, 5) is 0. The van der Waals surface area contributed by atoms with Crippen molar-refractivity contribution in [3.63, 3.8) is 0 Å². The van der Waals surface area contributed by atoms with Crippen LogP contribution in [-0.4, -0.2) is 40.9 Å². The van der Waals surface area contributed by atoms with Crippen LogP contribution < -0.4 is 0 Å². The lowest BCUT2D eigenvalue weighted by Crippen LogP contribution is -2.30. The van der Waals surface area contributed by atoms with Gasteiger partial charge in [0.15, 0.2) is 0 Å². The van der Waals surface area contributed by atoms with E-state index < -0.39 is 16.2 Å². The Morgan fingerprint density at radius 1 is 0.333 bits per heavy atom. The second kappa shape index (κ2) is 16.5. The summed E-state index contributed by atoms with van der Waals surface area (Å²) in [6.45, 7) is 8.38. The Labute approximate surface area is 399 Å². The zero-order valence-electron chi connectivity index (χ0n) is 38.7. The minimum absolute atomic E-state index is 0.0291. The second-order valence-electron chi connectivity index (χ2n) is 19.5. The molecule has 8 heteroatoms. The molecule has 0 unspecified atom stereocenters. The van der Waals surface area contributed by atoms with E-state index in [4.69, 9.17) is 0 Å². The summed E-state index contributed by atoms with van der Waals surface area (Å²) in [7, 11) is 0. The van der Waals surface area contributed by atoms with Crippen molar-refractivity contribution >= 4 is 43.1 Å². The van der Waals surface area contributed by atoms with Crippen molar-refractivity contribution in [2.75, 3.05) is 0 Å². The zero-order valence-corrected chi connectivity index (χ0v) is 38.7. The van der Waals surface area contributed by atoms with E-state index in [0.717, 1.165) is 33.0 Å². The normalized spacial score (nSPS) is 12.3. The highest BCUT2D eigenvalue weighted by atomic mass is 16.3. The maximum Gasteiger partial charge on any atom is 0.120 e. The third kappa shape index (κ3) is 7.49. The van der Waals surface area contributed by atoms with Gasteiger partial charge in [-0.05, 0) is 151 Å². The van der Waals surface area contributed by atoms with Crippen molar-refractivity contribution in [3.8, 4) is 46.0 Å². The maximum atomic E-state index is 12.0. The Morgan fingerprint density at radius 2 is 0.696 bits per heavy atom. The molecule has 8 N–H and O–H groups in total. The molecule has 69 heavy (non-hydrogen) atoms. The highest BCUT2D eigenvalue weighted by molar-refractivity contribution is 5.96. The smallest absolute Gasteiger partial charge is 0.120 e. The maximum absolute atomic E-state index is 12.0. The Bertz CT molecular complexity index is 3500. The molecule has 0 aliphatic rings. The molecular formula is C61H52O8. The first-order valence-electron chi connectivity index (χ1n) is 22.9. The van der Waals surface area contributed by atoms with Crippen molar-refractivity contribution in [2.45, 2.75) is 56.8 Å². The molecule has 0 aliphatic heterocycles. The first-order chi connectivity index (χ1) is 33.0. The van der Waals surface area contributed by atoms with E-state index in [1.54, 1.807) is 121 Å². The van der Waals surface area contributed by atoms with Gasteiger partial charge in [0.2, 0.25) is 0 Å². The Balaban J connectivity index is 1.14. The molecule has 0 radical (unpaired) electrons. The van der Waals surface area contributed by atoms with Gasteiger partial charge in [0.1, 0.15) is 46.0 Å². The molecule has 0 saturated heterocycles. The minimum atomic E-state index is -1.11. The van der Waals surface area contributed by atoms with Gasteiger partial charge in [-0.25, -0.2) is 0 Å². The van der Waals surface area contributed by atoms with Crippen LogP contribution in [0.25, 0.3) is 43.1 Å². The van der Waals surface area contributed by atoms with Crippen LogP contribution >= 0.6 is 0 Å².